The van der Waals surface area contributed by atoms with Crippen molar-refractivity contribution in [2.45, 2.75) is 0 Å². The maximum atomic E-state index is 10.6. The van der Waals surface area contributed by atoms with Crippen molar-refractivity contribution in [2.24, 2.45) is 0 Å². The molecule has 1 aromatic rings. The molecule has 0 radical (unpaired) electrons. The Hall–Kier alpha value is -1.25. The highest BCUT2D eigenvalue weighted by Gasteiger charge is 2.30. The van der Waals surface area contributed by atoms with E-state index in [1.807, 2.05) is 0 Å². The highest BCUT2D eigenvalue weighted by atomic mass is 31.2. The Morgan fingerprint density at radius 1 is 0.762 bits per heavy atom. The lowest BCUT2D eigenvalue weighted by molar-refractivity contribution is 0.314. The maximum Gasteiger partial charge on any atom is 0.391 e. The fraction of sp³-hybridized carbons (Fsp3) is 0. The summed E-state index contributed by atoms with van der Waals surface area (Å²) >= 11 is 0. The Morgan fingerprint density at radius 2 is 1.10 bits per heavy atom. The van der Waals surface area contributed by atoms with Crippen LogP contribution in [-0.4, -0.2) is 34.9 Å². The minimum Gasteiger partial charge on any atom is -0.501 e. The normalized spacial score (nSPS) is 13.8. The van der Waals surface area contributed by atoms with Gasteiger partial charge in [-0.25, -0.2) is 9.13 Å². The van der Waals surface area contributed by atoms with Crippen LogP contribution in [0.2, 0.25) is 0 Å². The maximum absolute atomic E-state index is 10.6. The summed E-state index contributed by atoms with van der Waals surface area (Å²) in [6.07, 6.45) is 0. The van der Waals surface area contributed by atoms with Crippen LogP contribution in [0.25, 0.3) is 0 Å². The molecule has 0 amide bonds. The van der Waals surface area contributed by atoms with Gasteiger partial charge >= 0.3 is 25.1 Å². The number of hydrogen-bond acceptors (Lipinski definition) is 10. The highest BCUT2D eigenvalue weighted by molar-refractivity contribution is 7.39. The fourth-order valence-corrected chi connectivity index (χ4v) is 2.25. The molecule has 15 heteroatoms. The third-order valence-electron chi connectivity index (χ3n) is 1.84. The van der Waals surface area contributed by atoms with Crippen LogP contribution in [0.3, 0.4) is 0 Å². The van der Waals surface area contributed by atoms with Crippen molar-refractivity contribution in [1.29, 1.82) is 0 Å². The molecular weight excluding hydrogens is 357 g/mol. The topological polar surface area (TPSA) is 203 Å². The van der Waals surface area contributed by atoms with Gasteiger partial charge in [-0.3, -0.25) is 0 Å². The Labute approximate surface area is 118 Å². The summed E-state index contributed by atoms with van der Waals surface area (Å²) in [7, 11) is -10.7. The molecule has 0 saturated carbocycles. The quantitative estimate of drug-likeness (QED) is 0.330. The van der Waals surface area contributed by atoms with E-state index in [4.69, 9.17) is 19.6 Å². The molecule has 2 atom stereocenters. The molecule has 7 N–H and O–H groups in total. The van der Waals surface area contributed by atoms with Gasteiger partial charge in [0.2, 0.25) is 34.5 Å². The molecule has 21 heavy (non-hydrogen) atoms. The summed E-state index contributed by atoms with van der Waals surface area (Å²) in [5.41, 5.74) is 0. The third kappa shape index (κ3) is 4.36. The molecule has 120 valence electrons. The Kier molecular flexibility index (Phi) is 6.06. The lowest BCUT2D eigenvalue weighted by Gasteiger charge is -2.16. The average molecular weight is 366 g/mol. The third-order valence-corrected chi connectivity index (χ3v) is 2.95. The molecular formula is C6H9O12P3. The van der Waals surface area contributed by atoms with Gasteiger partial charge in [0.15, 0.2) is 0 Å². The van der Waals surface area contributed by atoms with Crippen LogP contribution in [0.5, 0.6) is 34.5 Å². The zero-order valence-corrected chi connectivity index (χ0v) is 12.5. The molecule has 0 spiro atoms. The summed E-state index contributed by atoms with van der Waals surface area (Å²) in [5.74, 6) is -7.19. The van der Waals surface area contributed by atoms with E-state index in [0.29, 0.717) is 0 Å². The van der Waals surface area contributed by atoms with Crippen molar-refractivity contribution >= 4 is 25.1 Å². The van der Waals surface area contributed by atoms with Crippen LogP contribution >= 0.6 is 25.1 Å². The smallest absolute Gasteiger partial charge is 0.391 e. The predicted molar refractivity (Wildman–Crippen MR) is 67.1 cm³/mol. The molecule has 0 aliphatic carbocycles. The number of aromatic hydroxyl groups is 3. The second kappa shape index (κ2) is 7.15. The molecule has 0 aliphatic heterocycles. The van der Waals surface area contributed by atoms with Gasteiger partial charge in [0.1, 0.15) is 0 Å². The van der Waals surface area contributed by atoms with Crippen LogP contribution < -0.4 is 13.6 Å². The van der Waals surface area contributed by atoms with Gasteiger partial charge < -0.3 is 48.5 Å². The SMILES string of the molecule is O=[PH](O)Oc1c(O)c(OP(O)O)c(O)c(O[PH](=O)O)c1O. The average Bonchev–Trinajstić information content (AvgIpc) is 2.35. The first kappa shape index (κ1) is 17.8. The number of rotatable bonds is 6. The minimum atomic E-state index is -3.75. The number of phenols is 3. The van der Waals surface area contributed by atoms with E-state index in [-0.39, 0.29) is 0 Å². The Balaban J connectivity index is 3.56. The Bertz CT molecular complexity index is 542. The zero-order valence-electron chi connectivity index (χ0n) is 9.62. The largest absolute Gasteiger partial charge is 0.501 e. The first-order valence-corrected chi connectivity index (χ1v) is 8.32. The zero-order chi connectivity index (χ0) is 16.3. The van der Waals surface area contributed by atoms with Crippen LogP contribution in [-0.2, 0) is 9.13 Å². The second-order valence-corrected chi connectivity index (χ2v) is 5.27. The number of hydrogen-bond donors (Lipinski definition) is 7. The summed E-state index contributed by atoms with van der Waals surface area (Å²) in [5, 5.41) is 28.8. The van der Waals surface area contributed by atoms with Crippen molar-refractivity contribution in [3.05, 3.63) is 0 Å². The fourth-order valence-electron chi connectivity index (χ4n) is 1.18. The minimum absolute atomic E-state index is 1.11. The van der Waals surface area contributed by atoms with Gasteiger partial charge in [-0.1, -0.05) is 0 Å². The van der Waals surface area contributed by atoms with Crippen molar-refractivity contribution < 1.29 is 57.6 Å². The second-order valence-electron chi connectivity index (χ2n) is 3.11. The number of benzene rings is 1. The molecule has 12 nitrogen and oxygen atoms in total. The highest BCUT2D eigenvalue weighted by Crippen LogP contribution is 2.60. The number of phenolic OH excluding ortho intramolecular Hbond substituents is 3. The predicted octanol–water partition coefficient (Wildman–Crippen LogP) is -0.0847. The van der Waals surface area contributed by atoms with E-state index in [9.17, 15) is 24.4 Å². The standard InChI is InChI=1S/C6H9O12P3/c7-1-4(16-19(10)11)2(8)6(18-21(14)15)3(9)5(1)17-20(12)13/h7-11,20-21H,(H,12,13)(H,14,15). The Morgan fingerprint density at radius 3 is 1.38 bits per heavy atom. The molecule has 0 bridgehead atoms. The molecule has 0 aliphatic rings. The molecule has 0 heterocycles. The monoisotopic (exact) mass is 366 g/mol. The lowest BCUT2D eigenvalue weighted by Crippen LogP contribution is -1.93. The molecule has 0 fully saturated rings. The molecule has 2 unspecified atom stereocenters. The lowest BCUT2D eigenvalue weighted by atomic mass is 10.2. The van der Waals surface area contributed by atoms with E-state index in [1.54, 1.807) is 0 Å². The van der Waals surface area contributed by atoms with Crippen molar-refractivity contribution in [2.75, 3.05) is 0 Å². The van der Waals surface area contributed by atoms with Gasteiger partial charge in [-0.05, 0) is 0 Å². The van der Waals surface area contributed by atoms with Crippen molar-refractivity contribution in [3.63, 3.8) is 0 Å². The molecule has 0 saturated heterocycles. The van der Waals surface area contributed by atoms with Crippen LogP contribution in [0.15, 0.2) is 0 Å². The summed E-state index contributed by atoms with van der Waals surface area (Å²) < 4.78 is 33.8. The first-order chi connectivity index (χ1) is 9.65. The van der Waals surface area contributed by atoms with Crippen LogP contribution in [0, 0.1) is 0 Å². The van der Waals surface area contributed by atoms with E-state index in [1.165, 1.54) is 0 Å². The van der Waals surface area contributed by atoms with Crippen LogP contribution in [0.1, 0.15) is 0 Å². The van der Waals surface area contributed by atoms with Gasteiger partial charge in [-0.2, -0.15) is 0 Å². The van der Waals surface area contributed by atoms with Crippen molar-refractivity contribution in [3.8, 4) is 34.5 Å². The first-order valence-electron chi connectivity index (χ1n) is 4.63. The van der Waals surface area contributed by atoms with Gasteiger partial charge in [0.25, 0.3) is 0 Å². The summed E-state index contributed by atoms with van der Waals surface area (Å²) in [6, 6.07) is 0. The van der Waals surface area contributed by atoms with Crippen LogP contribution in [0.4, 0.5) is 0 Å². The molecule has 0 aromatic heterocycles. The van der Waals surface area contributed by atoms with Gasteiger partial charge in [0, 0.05) is 0 Å². The van der Waals surface area contributed by atoms with E-state index in [0.717, 1.165) is 0 Å². The van der Waals surface area contributed by atoms with E-state index < -0.39 is 59.6 Å². The van der Waals surface area contributed by atoms with E-state index in [2.05, 4.69) is 13.6 Å². The summed E-state index contributed by atoms with van der Waals surface area (Å²) in [6.45, 7) is 0. The van der Waals surface area contributed by atoms with Gasteiger partial charge in [0.05, 0.1) is 0 Å². The van der Waals surface area contributed by atoms with Gasteiger partial charge in [-0.15, -0.1) is 0 Å². The van der Waals surface area contributed by atoms with Crippen molar-refractivity contribution in [1.82, 2.24) is 0 Å². The molecule has 1 rings (SSSR count). The molecule has 1 aromatic carbocycles. The summed E-state index contributed by atoms with van der Waals surface area (Å²) in [4.78, 5) is 34.6. The van der Waals surface area contributed by atoms with E-state index >= 15 is 0 Å².